The standard InChI is InChI=1S/C14H18O4/c1-5-18-13(16)12(15)10-7-6-8-11(9-10)14(2,3)17-4/h6-9H,5H2,1-4H3. The van der Waals surface area contributed by atoms with Gasteiger partial charge in [0.15, 0.2) is 0 Å². The van der Waals surface area contributed by atoms with Crippen molar-refractivity contribution in [3.8, 4) is 0 Å². The van der Waals surface area contributed by atoms with E-state index in [0.717, 1.165) is 5.56 Å². The average Bonchev–Trinajstić information content (AvgIpc) is 2.38. The van der Waals surface area contributed by atoms with Crippen LogP contribution in [0.15, 0.2) is 24.3 Å². The van der Waals surface area contributed by atoms with Crippen LogP contribution in [0, 0.1) is 0 Å². The number of Topliss-reactive ketones (excluding diaryl/α,β-unsaturated/α-hetero) is 1. The van der Waals surface area contributed by atoms with Crippen molar-refractivity contribution >= 4 is 11.8 Å². The molecule has 4 heteroatoms. The summed E-state index contributed by atoms with van der Waals surface area (Å²) in [7, 11) is 1.60. The zero-order chi connectivity index (χ0) is 13.8. The summed E-state index contributed by atoms with van der Waals surface area (Å²) in [5.74, 6) is -1.46. The molecule has 0 spiro atoms. The highest BCUT2D eigenvalue weighted by atomic mass is 16.5. The van der Waals surface area contributed by atoms with E-state index < -0.39 is 17.4 Å². The zero-order valence-corrected chi connectivity index (χ0v) is 11.1. The van der Waals surface area contributed by atoms with Crippen molar-refractivity contribution in [1.82, 2.24) is 0 Å². The number of carbonyl (C=O) groups excluding carboxylic acids is 2. The predicted molar refractivity (Wildman–Crippen MR) is 67.4 cm³/mol. The van der Waals surface area contributed by atoms with Gasteiger partial charge in [0, 0.05) is 12.7 Å². The van der Waals surface area contributed by atoms with Gasteiger partial charge in [0.25, 0.3) is 5.78 Å². The lowest BCUT2D eigenvalue weighted by molar-refractivity contribution is -0.137. The van der Waals surface area contributed by atoms with Crippen LogP contribution < -0.4 is 0 Å². The van der Waals surface area contributed by atoms with Crippen molar-refractivity contribution in [2.75, 3.05) is 13.7 Å². The van der Waals surface area contributed by atoms with Gasteiger partial charge < -0.3 is 9.47 Å². The first-order valence-electron chi connectivity index (χ1n) is 5.79. The summed E-state index contributed by atoms with van der Waals surface area (Å²) in [5.41, 5.74) is 0.640. The van der Waals surface area contributed by atoms with Gasteiger partial charge in [-0.1, -0.05) is 18.2 Å². The summed E-state index contributed by atoms with van der Waals surface area (Å²) in [4.78, 5) is 23.2. The first-order valence-corrected chi connectivity index (χ1v) is 5.79. The summed E-state index contributed by atoms with van der Waals surface area (Å²) in [5, 5.41) is 0. The molecule has 1 aromatic carbocycles. The monoisotopic (exact) mass is 250 g/mol. The topological polar surface area (TPSA) is 52.6 Å². The lowest BCUT2D eigenvalue weighted by Gasteiger charge is -2.23. The molecule has 0 fully saturated rings. The van der Waals surface area contributed by atoms with Crippen molar-refractivity contribution in [3.63, 3.8) is 0 Å². The molecule has 0 N–H and O–H groups in total. The number of hydrogen-bond acceptors (Lipinski definition) is 4. The van der Waals surface area contributed by atoms with Gasteiger partial charge in [0.05, 0.1) is 12.2 Å². The van der Waals surface area contributed by atoms with Crippen LogP contribution in [0.25, 0.3) is 0 Å². The number of hydrogen-bond donors (Lipinski definition) is 0. The van der Waals surface area contributed by atoms with Crippen molar-refractivity contribution in [1.29, 1.82) is 0 Å². The number of carbonyl (C=O) groups is 2. The van der Waals surface area contributed by atoms with Crippen molar-refractivity contribution in [3.05, 3.63) is 35.4 Å². The van der Waals surface area contributed by atoms with E-state index in [9.17, 15) is 9.59 Å². The highest BCUT2D eigenvalue weighted by Crippen LogP contribution is 2.24. The Bertz CT molecular complexity index is 449. The minimum Gasteiger partial charge on any atom is -0.460 e. The molecule has 0 saturated carbocycles. The molecule has 0 unspecified atom stereocenters. The van der Waals surface area contributed by atoms with Crippen LogP contribution in [-0.2, 0) is 19.9 Å². The maximum atomic E-state index is 11.8. The minimum atomic E-state index is -0.829. The first kappa shape index (κ1) is 14.4. The molecule has 0 heterocycles. The molecule has 0 aliphatic heterocycles. The van der Waals surface area contributed by atoms with E-state index in [0.29, 0.717) is 5.56 Å². The van der Waals surface area contributed by atoms with Gasteiger partial charge in [-0.2, -0.15) is 0 Å². The molecular formula is C14H18O4. The normalized spacial score (nSPS) is 11.1. The molecule has 0 bridgehead atoms. The molecule has 0 atom stereocenters. The fourth-order valence-electron chi connectivity index (χ4n) is 1.47. The van der Waals surface area contributed by atoms with Crippen LogP contribution in [0.4, 0.5) is 0 Å². The maximum Gasteiger partial charge on any atom is 0.379 e. The van der Waals surface area contributed by atoms with E-state index in [2.05, 4.69) is 0 Å². The Kier molecular flexibility index (Phi) is 4.62. The highest BCUT2D eigenvalue weighted by molar-refractivity contribution is 6.40. The molecule has 0 aliphatic rings. The third-order valence-corrected chi connectivity index (χ3v) is 2.79. The van der Waals surface area contributed by atoms with Gasteiger partial charge >= 0.3 is 5.97 Å². The summed E-state index contributed by atoms with van der Waals surface area (Å²) in [6.45, 7) is 5.63. The highest BCUT2D eigenvalue weighted by Gasteiger charge is 2.23. The summed E-state index contributed by atoms with van der Waals surface area (Å²) < 4.78 is 10.0. The molecule has 4 nitrogen and oxygen atoms in total. The lowest BCUT2D eigenvalue weighted by atomic mass is 9.95. The SMILES string of the molecule is CCOC(=O)C(=O)c1cccc(C(C)(C)OC)c1. The zero-order valence-electron chi connectivity index (χ0n) is 11.1. The number of methoxy groups -OCH3 is 1. The average molecular weight is 250 g/mol. The quantitative estimate of drug-likeness (QED) is 0.457. The van der Waals surface area contributed by atoms with Gasteiger partial charge in [0.1, 0.15) is 0 Å². The second kappa shape index (κ2) is 5.78. The number of benzene rings is 1. The number of esters is 1. The second-order valence-electron chi connectivity index (χ2n) is 4.34. The van der Waals surface area contributed by atoms with Crippen LogP contribution in [0.2, 0.25) is 0 Å². The largest absolute Gasteiger partial charge is 0.460 e. The second-order valence-corrected chi connectivity index (χ2v) is 4.34. The van der Waals surface area contributed by atoms with Gasteiger partial charge in [-0.05, 0) is 32.4 Å². The Hall–Kier alpha value is -1.68. The molecule has 0 amide bonds. The first-order chi connectivity index (χ1) is 8.42. The lowest BCUT2D eigenvalue weighted by Crippen LogP contribution is -2.21. The fourth-order valence-corrected chi connectivity index (χ4v) is 1.47. The Balaban J connectivity index is 3.02. The van der Waals surface area contributed by atoms with Crippen LogP contribution in [-0.4, -0.2) is 25.5 Å². The van der Waals surface area contributed by atoms with Gasteiger partial charge in [0.2, 0.25) is 0 Å². The van der Waals surface area contributed by atoms with Gasteiger partial charge in [-0.15, -0.1) is 0 Å². The number of rotatable bonds is 5. The van der Waals surface area contributed by atoms with Gasteiger partial charge in [-0.25, -0.2) is 4.79 Å². The molecule has 98 valence electrons. The van der Waals surface area contributed by atoms with Crippen LogP contribution in [0.5, 0.6) is 0 Å². The Labute approximate surface area is 107 Å². The molecule has 0 aliphatic carbocycles. The number of ether oxygens (including phenoxy) is 2. The molecule has 1 aromatic rings. The fraction of sp³-hybridized carbons (Fsp3) is 0.429. The van der Waals surface area contributed by atoms with Gasteiger partial charge in [-0.3, -0.25) is 4.79 Å². The van der Waals surface area contributed by atoms with Crippen LogP contribution >= 0.6 is 0 Å². The molecule has 1 rings (SSSR count). The molecule has 0 saturated heterocycles. The van der Waals surface area contributed by atoms with Crippen LogP contribution in [0.3, 0.4) is 0 Å². The molecular weight excluding hydrogens is 232 g/mol. The van der Waals surface area contributed by atoms with Crippen molar-refractivity contribution in [2.24, 2.45) is 0 Å². The minimum absolute atomic E-state index is 0.188. The summed E-state index contributed by atoms with van der Waals surface area (Å²) in [6.07, 6.45) is 0. The predicted octanol–water partition coefficient (Wildman–Crippen LogP) is 2.31. The Morgan fingerprint density at radius 2 is 1.94 bits per heavy atom. The van der Waals surface area contributed by atoms with Crippen LogP contribution in [0.1, 0.15) is 36.7 Å². The van der Waals surface area contributed by atoms with Crippen molar-refractivity contribution < 1.29 is 19.1 Å². The number of ketones is 1. The smallest absolute Gasteiger partial charge is 0.379 e. The Morgan fingerprint density at radius 1 is 1.28 bits per heavy atom. The van der Waals surface area contributed by atoms with E-state index >= 15 is 0 Å². The molecule has 18 heavy (non-hydrogen) atoms. The third kappa shape index (κ3) is 3.17. The molecule has 0 aromatic heterocycles. The van der Waals surface area contributed by atoms with E-state index in [1.807, 2.05) is 19.9 Å². The maximum absolute atomic E-state index is 11.8. The third-order valence-electron chi connectivity index (χ3n) is 2.79. The summed E-state index contributed by atoms with van der Waals surface area (Å²) in [6, 6.07) is 6.82. The van der Waals surface area contributed by atoms with E-state index in [4.69, 9.17) is 9.47 Å². The Morgan fingerprint density at radius 3 is 2.50 bits per heavy atom. The summed E-state index contributed by atoms with van der Waals surface area (Å²) >= 11 is 0. The van der Waals surface area contributed by atoms with E-state index in [1.54, 1.807) is 32.2 Å². The molecule has 0 radical (unpaired) electrons. The van der Waals surface area contributed by atoms with E-state index in [-0.39, 0.29) is 6.61 Å². The van der Waals surface area contributed by atoms with E-state index in [1.165, 1.54) is 0 Å². The van der Waals surface area contributed by atoms with Crippen molar-refractivity contribution in [2.45, 2.75) is 26.4 Å².